The van der Waals surface area contributed by atoms with Crippen LogP contribution in [0.15, 0.2) is 135 Å². The minimum absolute atomic E-state index is 0.185. The largest absolute Gasteiger partial charge is 0.497 e. The van der Waals surface area contributed by atoms with Crippen LogP contribution in [0.25, 0.3) is 11.3 Å². The molecular formula is C31H23N7O2S. The normalized spacial score (nSPS) is 14.1. The Morgan fingerprint density at radius 3 is 2.12 bits per heavy atom. The molecule has 200 valence electrons. The fourth-order valence-electron chi connectivity index (χ4n) is 4.00. The van der Waals surface area contributed by atoms with E-state index in [0.29, 0.717) is 22.2 Å². The van der Waals surface area contributed by atoms with Crippen molar-refractivity contribution in [1.82, 2.24) is 4.98 Å². The number of anilines is 2. The predicted octanol–water partition coefficient (Wildman–Crippen LogP) is 7.45. The fourth-order valence-corrected chi connectivity index (χ4v) is 4.78. The molecule has 0 spiro atoms. The summed E-state index contributed by atoms with van der Waals surface area (Å²) in [6.07, 6.45) is 0. The zero-order valence-electron chi connectivity index (χ0n) is 21.9. The summed E-state index contributed by atoms with van der Waals surface area (Å²) in [6, 6.07) is 33.9. The maximum atomic E-state index is 13.6. The van der Waals surface area contributed by atoms with Crippen LogP contribution in [0, 0.1) is 0 Å². The first-order chi connectivity index (χ1) is 20.2. The van der Waals surface area contributed by atoms with Crippen molar-refractivity contribution in [3.8, 4) is 17.0 Å². The number of rotatable bonds is 8. The Hall–Kier alpha value is -5.48. The second-order valence-corrected chi connectivity index (χ2v) is 9.67. The molecule has 0 unspecified atom stereocenters. The Balaban J connectivity index is 1.24. The third kappa shape index (κ3) is 5.77. The number of ether oxygens (including phenoxy) is 1. The lowest BCUT2D eigenvalue weighted by Gasteiger charge is -2.07. The van der Waals surface area contributed by atoms with E-state index < -0.39 is 0 Å². The number of methoxy groups -OCH3 is 1. The number of aromatic nitrogens is 1. The van der Waals surface area contributed by atoms with Gasteiger partial charge in [0.15, 0.2) is 5.71 Å². The van der Waals surface area contributed by atoms with Gasteiger partial charge in [-0.05, 0) is 60.7 Å². The topological polar surface area (TPSA) is 104 Å². The average Bonchev–Trinajstić information content (AvgIpc) is 3.65. The number of carbonyl (C=O) groups excluding carboxylic acids is 1. The van der Waals surface area contributed by atoms with Gasteiger partial charge in [-0.25, -0.2) is 4.98 Å². The smallest absolute Gasteiger partial charge is 0.303 e. The van der Waals surface area contributed by atoms with E-state index in [4.69, 9.17) is 4.74 Å². The number of thiazole rings is 1. The Kier molecular flexibility index (Phi) is 7.37. The van der Waals surface area contributed by atoms with Crippen LogP contribution < -0.4 is 15.2 Å². The van der Waals surface area contributed by atoms with Gasteiger partial charge in [-0.3, -0.25) is 10.2 Å². The molecule has 6 rings (SSSR count). The molecule has 0 saturated carbocycles. The molecule has 0 bridgehead atoms. The molecule has 0 atom stereocenters. The number of carbonyl (C=O) groups is 1. The first-order valence-electron chi connectivity index (χ1n) is 12.7. The van der Waals surface area contributed by atoms with Crippen LogP contribution in [0.2, 0.25) is 0 Å². The molecule has 0 fully saturated rings. The maximum Gasteiger partial charge on any atom is 0.303 e. The van der Waals surface area contributed by atoms with Crippen molar-refractivity contribution in [2.45, 2.75) is 0 Å². The van der Waals surface area contributed by atoms with Gasteiger partial charge in [0, 0.05) is 16.5 Å². The molecule has 0 saturated heterocycles. The highest BCUT2D eigenvalue weighted by atomic mass is 32.1. The minimum atomic E-state index is -0.375. The fraction of sp³-hybridized carbons (Fsp3) is 0.0323. The monoisotopic (exact) mass is 557 g/mol. The predicted molar refractivity (Wildman–Crippen MR) is 163 cm³/mol. The zero-order chi connectivity index (χ0) is 28.0. The second-order valence-electron chi connectivity index (χ2n) is 8.83. The van der Waals surface area contributed by atoms with Crippen molar-refractivity contribution in [1.29, 1.82) is 0 Å². The zero-order valence-corrected chi connectivity index (χ0v) is 22.7. The lowest BCUT2D eigenvalue weighted by molar-refractivity contribution is -0.112. The minimum Gasteiger partial charge on any atom is -0.497 e. The highest BCUT2D eigenvalue weighted by Gasteiger charge is 2.35. The highest BCUT2D eigenvalue weighted by Crippen LogP contribution is 2.31. The molecule has 1 aliphatic heterocycles. The molecule has 0 aliphatic carbocycles. The van der Waals surface area contributed by atoms with E-state index in [1.807, 2.05) is 115 Å². The van der Waals surface area contributed by atoms with Gasteiger partial charge in [-0.2, -0.15) is 25.4 Å². The summed E-state index contributed by atoms with van der Waals surface area (Å²) in [7, 11) is 1.62. The van der Waals surface area contributed by atoms with Gasteiger partial charge in [0.2, 0.25) is 5.13 Å². The third-order valence-corrected chi connectivity index (χ3v) is 6.94. The molecule has 4 aromatic carbocycles. The summed E-state index contributed by atoms with van der Waals surface area (Å²) in [5.41, 5.74) is 8.21. The standard InChI is InChI=1S/C31H23N7O2S/c1-40-26-18-12-21(13-19-26)27-20-41-31(32-27)38-30(39)29(28(37-38)22-8-4-2-5-9-22)36-35-25-16-14-24(15-17-25)34-33-23-10-6-3-7-11-23/h2-20,35H,1H3. The molecular weight excluding hydrogens is 534 g/mol. The highest BCUT2D eigenvalue weighted by molar-refractivity contribution is 7.14. The summed E-state index contributed by atoms with van der Waals surface area (Å²) in [4.78, 5) is 18.3. The first kappa shape index (κ1) is 25.8. The van der Waals surface area contributed by atoms with Gasteiger partial charge in [0.25, 0.3) is 0 Å². The molecule has 1 aromatic heterocycles. The van der Waals surface area contributed by atoms with E-state index >= 15 is 0 Å². The second kappa shape index (κ2) is 11.7. The van der Waals surface area contributed by atoms with Crippen molar-refractivity contribution < 1.29 is 9.53 Å². The van der Waals surface area contributed by atoms with Gasteiger partial charge < -0.3 is 4.74 Å². The lowest BCUT2D eigenvalue weighted by Crippen LogP contribution is -2.28. The Bertz CT molecular complexity index is 1750. The Morgan fingerprint density at radius 1 is 0.780 bits per heavy atom. The number of hydrazone groups is 2. The lowest BCUT2D eigenvalue weighted by atomic mass is 10.1. The van der Waals surface area contributed by atoms with Gasteiger partial charge in [-0.15, -0.1) is 11.3 Å². The molecule has 2 heterocycles. The first-order valence-corrected chi connectivity index (χ1v) is 13.6. The van der Waals surface area contributed by atoms with Crippen molar-refractivity contribution in [2.24, 2.45) is 20.4 Å². The number of hydrogen-bond acceptors (Lipinski definition) is 9. The van der Waals surface area contributed by atoms with E-state index in [9.17, 15) is 4.79 Å². The average molecular weight is 558 g/mol. The molecule has 0 radical (unpaired) electrons. The van der Waals surface area contributed by atoms with Crippen LogP contribution in [-0.4, -0.2) is 29.4 Å². The Labute approximate surface area is 240 Å². The van der Waals surface area contributed by atoms with Gasteiger partial charge in [0.05, 0.1) is 29.9 Å². The van der Waals surface area contributed by atoms with Crippen LogP contribution in [0.5, 0.6) is 5.75 Å². The molecule has 41 heavy (non-hydrogen) atoms. The van der Waals surface area contributed by atoms with E-state index in [0.717, 1.165) is 28.3 Å². The van der Waals surface area contributed by atoms with Crippen molar-refractivity contribution in [3.05, 3.63) is 120 Å². The van der Waals surface area contributed by atoms with Gasteiger partial charge >= 0.3 is 5.91 Å². The summed E-state index contributed by atoms with van der Waals surface area (Å²) in [5, 5.41) is 21.2. The number of nitrogens with one attached hydrogen (secondary N) is 1. The van der Waals surface area contributed by atoms with Crippen LogP contribution in [0.3, 0.4) is 0 Å². The molecule has 10 heteroatoms. The van der Waals surface area contributed by atoms with Crippen LogP contribution in [-0.2, 0) is 4.79 Å². The van der Waals surface area contributed by atoms with Crippen LogP contribution in [0.1, 0.15) is 5.56 Å². The van der Waals surface area contributed by atoms with E-state index in [1.54, 1.807) is 7.11 Å². The molecule has 1 aliphatic rings. The molecule has 1 amide bonds. The molecule has 5 aromatic rings. The number of hydrogen-bond donors (Lipinski definition) is 1. The van der Waals surface area contributed by atoms with Gasteiger partial charge in [-0.1, -0.05) is 48.5 Å². The number of nitrogens with zero attached hydrogens (tertiary/aromatic N) is 6. The van der Waals surface area contributed by atoms with Crippen LogP contribution in [0.4, 0.5) is 22.2 Å². The van der Waals surface area contributed by atoms with Crippen molar-refractivity contribution in [2.75, 3.05) is 17.5 Å². The van der Waals surface area contributed by atoms with Crippen LogP contribution >= 0.6 is 11.3 Å². The maximum absolute atomic E-state index is 13.6. The van der Waals surface area contributed by atoms with Crippen molar-refractivity contribution in [3.63, 3.8) is 0 Å². The van der Waals surface area contributed by atoms with E-state index in [1.165, 1.54) is 16.3 Å². The molecule has 1 N–H and O–H groups in total. The number of amides is 1. The quantitative estimate of drug-likeness (QED) is 0.158. The number of azo groups is 1. The summed E-state index contributed by atoms with van der Waals surface area (Å²) in [5.74, 6) is 0.385. The summed E-state index contributed by atoms with van der Waals surface area (Å²) in [6.45, 7) is 0. The summed E-state index contributed by atoms with van der Waals surface area (Å²) >= 11 is 1.33. The SMILES string of the molecule is COc1ccc(-c2csc(N3N=C(c4ccccc4)C(=NNc4ccc(N=Nc5ccccc5)cc4)C3=O)n2)cc1. The summed E-state index contributed by atoms with van der Waals surface area (Å²) < 4.78 is 5.24. The van der Waals surface area contributed by atoms with E-state index in [-0.39, 0.29) is 11.6 Å². The van der Waals surface area contributed by atoms with Crippen molar-refractivity contribution >= 4 is 50.9 Å². The third-order valence-electron chi connectivity index (χ3n) is 6.13. The molecule has 9 nitrogen and oxygen atoms in total. The van der Waals surface area contributed by atoms with E-state index in [2.05, 4.69) is 30.8 Å². The number of benzene rings is 4. The Morgan fingerprint density at radius 2 is 1.44 bits per heavy atom. The van der Waals surface area contributed by atoms with Gasteiger partial charge in [0.1, 0.15) is 11.5 Å².